The van der Waals surface area contributed by atoms with Gasteiger partial charge in [0.1, 0.15) is 5.82 Å². The van der Waals surface area contributed by atoms with Gasteiger partial charge in [-0.05, 0) is 66.8 Å². The zero-order valence-electron chi connectivity index (χ0n) is 15.2. The summed E-state index contributed by atoms with van der Waals surface area (Å²) in [6.07, 6.45) is 6.19. The summed E-state index contributed by atoms with van der Waals surface area (Å²) in [6, 6.07) is 12.8. The van der Waals surface area contributed by atoms with Crippen LogP contribution >= 0.6 is 0 Å². The second-order valence-corrected chi connectivity index (χ2v) is 6.70. The minimum atomic E-state index is -0.269. The van der Waals surface area contributed by atoms with Crippen LogP contribution in [-0.4, -0.2) is 6.21 Å². The van der Waals surface area contributed by atoms with Crippen LogP contribution < -0.4 is 5.32 Å². The fourth-order valence-electron chi connectivity index (χ4n) is 3.35. The highest BCUT2D eigenvalue weighted by Crippen LogP contribution is 2.47. The molecule has 26 heavy (non-hydrogen) atoms. The van der Waals surface area contributed by atoms with Crippen LogP contribution in [-0.2, 0) is 5.41 Å². The molecule has 1 aliphatic heterocycles. The van der Waals surface area contributed by atoms with Gasteiger partial charge in [0.15, 0.2) is 0 Å². The number of aliphatic imine (C=N–C) groups is 1. The van der Waals surface area contributed by atoms with Crippen molar-refractivity contribution < 1.29 is 4.39 Å². The fourth-order valence-corrected chi connectivity index (χ4v) is 3.35. The molecule has 0 bridgehead atoms. The van der Waals surface area contributed by atoms with Crippen molar-refractivity contribution in [1.29, 1.82) is 0 Å². The Bertz CT molecular complexity index is 906. The first-order chi connectivity index (χ1) is 12.5. The average Bonchev–Trinajstić information content (AvgIpc) is 2.89. The minimum absolute atomic E-state index is 0.230. The summed E-state index contributed by atoms with van der Waals surface area (Å²) in [6.45, 7) is 12.2. The molecule has 0 aliphatic carbocycles. The van der Waals surface area contributed by atoms with Crippen LogP contribution in [0.5, 0.6) is 0 Å². The van der Waals surface area contributed by atoms with Gasteiger partial charge in [0.2, 0.25) is 0 Å². The van der Waals surface area contributed by atoms with Crippen LogP contribution in [0, 0.1) is 5.82 Å². The Balaban J connectivity index is 2.03. The topological polar surface area (TPSA) is 24.4 Å². The van der Waals surface area contributed by atoms with Crippen molar-refractivity contribution in [2.24, 2.45) is 4.99 Å². The lowest BCUT2D eigenvalue weighted by atomic mass is 9.76. The van der Waals surface area contributed by atoms with E-state index in [1.807, 2.05) is 25.3 Å². The number of hydrogen-bond donors (Lipinski definition) is 1. The molecule has 0 aromatic heterocycles. The standard InChI is InChI=1S/C23H23FN2/c1-5-17(15-25-6-2)14-23(4)16(3)26-22-12-9-19(13-21(22)23)18-7-10-20(24)11-8-18/h5-13,15,26H,1,3,14H2,2,4H3/b17-15+,25-6?. The van der Waals surface area contributed by atoms with E-state index in [0.29, 0.717) is 0 Å². The molecule has 0 spiro atoms. The van der Waals surface area contributed by atoms with Crippen LogP contribution in [0.25, 0.3) is 11.1 Å². The zero-order chi connectivity index (χ0) is 18.7. The molecule has 1 unspecified atom stereocenters. The minimum Gasteiger partial charge on any atom is -0.358 e. The summed E-state index contributed by atoms with van der Waals surface area (Å²) >= 11 is 0. The molecule has 0 fully saturated rings. The van der Waals surface area contributed by atoms with E-state index in [2.05, 4.69) is 42.5 Å². The summed E-state index contributed by atoms with van der Waals surface area (Å²) in [7, 11) is 0. The third kappa shape index (κ3) is 3.25. The summed E-state index contributed by atoms with van der Waals surface area (Å²) in [5, 5.41) is 3.41. The molecule has 2 aromatic rings. The number of nitrogens with one attached hydrogen (secondary N) is 1. The maximum absolute atomic E-state index is 13.2. The Morgan fingerprint density at radius 3 is 2.54 bits per heavy atom. The summed E-state index contributed by atoms with van der Waals surface area (Å²) < 4.78 is 13.2. The zero-order valence-corrected chi connectivity index (χ0v) is 15.2. The van der Waals surface area contributed by atoms with Crippen LogP contribution in [0.4, 0.5) is 10.1 Å². The van der Waals surface area contributed by atoms with Crippen molar-refractivity contribution >= 4 is 11.9 Å². The quantitative estimate of drug-likeness (QED) is 0.503. The van der Waals surface area contributed by atoms with Crippen molar-refractivity contribution in [1.82, 2.24) is 0 Å². The molecule has 2 nitrogen and oxygen atoms in total. The van der Waals surface area contributed by atoms with E-state index < -0.39 is 0 Å². The molecule has 1 aliphatic rings. The molecule has 0 amide bonds. The largest absolute Gasteiger partial charge is 0.358 e. The van der Waals surface area contributed by atoms with Gasteiger partial charge in [-0.3, -0.25) is 4.99 Å². The first-order valence-corrected chi connectivity index (χ1v) is 8.64. The van der Waals surface area contributed by atoms with Crippen LogP contribution in [0.15, 0.2) is 84.2 Å². The van der Waals surface area contributed by atoms with E-state index in [1.54, 1.807) is 18.3 Å². The number of rotatable bonds is 5. The highest BCUT2D eigenvalue weighted by molar-refractivity contribution is 5.75. The Labute approximate surface area is 154 Å². The number of fused-ring (bicyclic) bond motifs is 1. The van der Waals surface area contributed by atoms with Crippen LogP contribution in [0.2, 0.25) is 0 Å². The lowest BCUT2D eigenvalue weighted by Crippen LogP contribution is -2.22. The molecule has 0 saturated heterocycles. The summed E-state index contributed by atoms with van der Waals surface area (Å²) in [4.78, 5) is 4.23. The normalized spacial score (nSPS) is 19.5. The molecule has 1 atom stereocenters. The van der Waals surface area contributed by atoms with Gasteiger partial charge in [0.05, 0.1) is 0 Å². The molecular weight excluding hydrogens is 323 g/mol. The third-order valence-corrected chi connectivity index (χ3v) is 4.95. The molecule has 0 radical (unpaired) electrons. The van der Waals surface area contributed by atoms with Gasteiger partial charge in [-0.2, -0.15) is 0 Å². The van der Waals surface area contributed by atoms with Crippen molar-refractivity contribution in [3.8, 4) is 11.1 Å². The first kappa shape index (κ1) is 17.9. The van der Waals surface area contributed by atoms with Gasteiger partial charge >= 0.3 is 0 Å². The van der Waals surface area contributed by atoms with Crippen LogP contribution in [0.1, 0.15) is 25.8 Å². The number of anilines is 1. The lowest BCUT2D eigenvalue weighted by Gasteiger charge is -2.26. The second-order valence-electron chi connectivity index (χ2n) is 6.70. The van der Waals surface area contributed by atoms with Gasteiger partial charge in [0.25, 0.3) is 0 Å². The van der Waals surface area contributed by atoms with Crippen molar-refractivity contribution in [3.05, 3.63) is 90.5 Å². The van der Waals surface area contributed by atoms with Gasteiger partial charge in [-0.15, -0.1) is 0 Å². The lowest BCUT2D eigenvalue weighted by molar-refractivity contribution is 0.582. The van der Waals surface area contributed by atoms with E-state index in [1.165, 1.54) is 17.7 Å². The molecule has 1 N–H and O–H groups in total. The molecular formula is C23H23FN2. The Kier molecular flexibility index (Phi) is 4.90. The van der Waals surface area contributed by atoms with Gasteiger partial charge in [0, 0.05) is 29.2 Å². The van der Waals surface area contributed by atoms with Crippen LogP contribution in [0.3, 0.4) is 0 Å². The first-order valence-electron chi connectivity index (χ1n) is 8.64. The molecule has 2 aromatic carbocycles. The van der Waals surface area contributed by atoms with E-state index in [9.17, 15) is 4.39 Å². The number of allylic oxidation sites excluding steroid dienone is 3. The monoisotopic (exact) mass is 346 g/mol. The Hall–Kier alpha value is -2.94. The van der Waals surface area contributed by atoms with E-state index in [0.717, 1.165) is 34.5 Å². The van der Waals surface area contributed by atoms with E-state index >= 15 is 0 Å². The number of nitrogens with zero attached hydrogens (tertiary/aromatic N) is 1. The predicted molar refractivity (Wildman–Crippen MR) is 109 cm³/mol. The third-order valence-electron chi connectivity index (χ3n) is 4.95. The SMILES string of the molecule is C=C/C(=C\N=CC)CC1(C)C(=C)Nc2ccc(-c3ccc(F)cc3)cc21. The van der Waals surface area contributed by atoms with Gasteiger partial charge in [-0.1, -0.05) is 37.4 Å². The van der Waals surface area contributed by atoms with Gasteiger partial charge in [-0.25, -0.2) is 4.39 Å². The fraction of sp³-hybridized carbons (Fsp3) is 0.174. The highest BCUT2D eigenvalue weighted by Gasteiger charge is 2.38. The number of benzene rings is 2. The Morgan fingerprint density at radius 1 is 1.19 bits per heavy atom. The summed E-state index contributed by atoms with van der Waals surface area (Å²) in [5.74, 6) is -0.230. The number of halogens is 1. The second kappa shape index (κ2) is 7.12. The smallest absolute Gasteiger partial charge is 0.123 e. The molecule has 0 saturated carbocycles. The maximum atomic E-state index is 13.2. The van der Waals surface area contributed by atoms with Gasteiger partial charge < -0.3 is 5.32 Å². The number of hydrogen-bond acceptors (Lipinski definition) is 2. The van der Waals surface area contributed by atoms with E-state index in [4.69, 9.17) is 0 Å². The van der Waals surface area contributed by atoms with Crippen molar-refractivity contribution in [2.45, 2.75) is 25.7 Å². The van der Waals surface area contributed by atoms with E-state index in [-0.39, 0.29) is 11.2 Å². The predicted octanol–water partition coefficient (Wildman–Crippen LogP) is 6.24. The Morgan fingerprint density at radius 2 is 1.88 bits per heavy atom. The van der Waals surface area contributed by atoms with Crippen molar-refractivity contribution in [2.75, 3.05) is 5.32 Å². The average molecular weight is 346 g/mol. The molecule has 132 valence electrons. The highest BCUT2D eigenvalue weighted by atomic mass is 19.1. The molecule has 3 rings (SSSR count). The van der Waals surface area contributed by atoms with Crippen molar-refractivity contribution in [3.63, 3.8) is 0 Å². The summed E-state index contributed by atoms with van der Waals surface area (Å²) in [5.41, 5.74) is 6.02. The molecule has 1 heterocycles. The molecule has 3 heteroatoms. The maximum Gasteiger partial charge on any atom is 0.123 e.